The molecule has 4 heteroatoms. The smallest absolute Gasteiger partial charge is 0.127 e. The van der Waals surface area contributed by atoms with Crippen LogP contribution in [0, 0.1) is 6.92 Å². The zero-order valence-electron chi connectivity index (χ0n) is 11.5. The fraction of sp³-hybridized carbons (Fsp3) is 0.375. The highest BCUT2D eigenvalue weighted by Crippen LogP contribution is 2.30. The Hall–Kier alpha value is -0.840. The zero-order valence-corrected chi connectivity index (χ0v) is 13.9. The molecule has 1 aromatic carbocycles. The molecule has 1 heterocycles. The van der Waals surface area contributed by atoms with Gasteiger partial charge >= 0.3 is 0 Å². The van der Waals surface area contributed by atoms with Crippen molar-refractivity contribution in [3.05, 3.63) is 50.1 Å². The van der Waals surface area contributed by atoms with Gasteiger partial charge in [0.1, 0.15) is 12.4 Å². The summed E-state index contributed by atoms with van der Waals surface area (Å²) in [6.45, 7) is 3.64. The first-order valence-electron chi connectivity index (χ1n) is 6.90. The number of thiophene rings is 1. The average Bonchev–Trinajstić information content (AvgIpc) is 3.10. The molecule has 2 aromatic rings. The first kappa shape index (κ1) is 14.1. The molecule has 0 radical (unpaired) electrons. The topological polar surface area (TPSA) is 21.3 Å². The van der Waals surface area contributed by atoms with Gasteiger partial charge < -0.3 is 10.1 Å². The van der Waals surface area contributed by atoms with Gasteiger partial charge in [-0.1, -0.05) is 22.0 Å². The van der Waals surface area contributed by atoms with Crippen LogP contribution in [0.2, 0.25) is 0 Å². The van der Waals surface area contributed by atoms with E-state index in [1.165, 1.54) is 28.8 Å². The Labute approximate surface area is 132 Å². The van der Waals surface area contributed by atoms with Crippen LogP contribution in [0.1, 0.15) is 28.8 Å². The molecule has 0 spiro atoms. The normalized spacial score (nSPS) is 14.5. The Morgan fingerprint density at radius 3 is 2.95 bits per heavy atom. The molecule has 1 fully saturated rings. The highest BCUT2D eigenvalue weighted by molar-refractivity contribution is 9.10. The second-order valence-electron chi connectivity index (χ2n) is 5.23. The third-order valence-corrected chi connectivity index (χ3v) is 4.72. The highest BCUT2D eigenvalue weighted by Gasteiger charge is 2.21. The second-order valence-corrected chi connectivity index (χ2v) is 7.18. The van der Waals surface area contributed by atoms with Crippen LogP contribution in [-0.4, -0.2) is 6.04 Å². The van der Waals surface area contributed by atoms with Gasteiger partial charge in [0.05, 0.1) is 0 Å². The van der Waals surface area contributed by atoms with Crippen molar-refractivity contribution in [3.63, 3.8) is 0 Å². The molecule has 1 N–H and O–H groups in total. The van der Waals surface area contributed by atoms with E-state index in [0.29, 0.717) is 12.6 Å². The minimum absolute atomic E-state index is 0.649. The maximum Gasteiger partial charge on any atom is 0.127 e. The van der Waals surface area contributed by atoms with Gasteiger partial charge in [-0.05, 0) is 48.9 Å². The standard InChI is InChI=1S/C16H18BrNOS/c1-11-7-13(17)8-12(9-18-14-4-5-14)16(11)19-10-15-3-2-6-20-15/h2-3,6-8,14,18H,4-5,9-10H2,1H3. The van der Waals surface area contributed by atoms with E-state index < -0.39 is 0 Å². The van der Waals surface area contributed by atoms with Crippen molar-refractivity contribution in [1.29, 1.82) is 0 Å². The van der Waals surface area contributed by atoms with Gasteiger partial charge in [0.25, 0.3) is 0 Å². The van der Waals surface area contributed by atoms with Crippen molar-refractivity contribution in [2.45, 2.75) is 39.0 Å². The van der Waals surface area contributed by atoms with Crippen LogP contribution in [-0.2, 0) is 13.2 Å². The van der Waals surface area contributed by atoms with Gasteiger partial charge in [-0.25, -0.2) is 0 Å². The molecule has 106 valence electrons. The predicted octanol–water partition coefficient (Wildman–Crippen LogP) is 4.65. The molecular formula is C16H18BrNOS. The van der Waals surface area contributed by atoms with Crippen molar-refractivity contribution < 1.29 is 4.74 Å². The predicted molar refractivity (Wildman–Crippen MR) is 87.4 cm³/mol. The van der Waals surface area contributed by atoms with Gasteiger partial charge in [-0.2, -0.15) is 0 Å². The van der Waals surface area contributed by atoms with Crippen LogP contribution in [0.25, 0.3) is 0 Å². The summed E-state index contributed by atoms with van der Waals surface area (Å²) < 4.78 is 7.19. The van der Waals surface area contributed by atoms with Crippen molar-refractivity contribution >= 4 is 27.3 Å². The van der Waals surface area contributed by atoms with Crippen LogP contribution in [0.4, 0.5) is 0 Å². The average molecular weight is 352 g/mol. The maximum atomic E-state index is 6.07. The summed E-state index contributed by atoms with van der Waals surface area (Å²) in [5, 5.41) is 5.65. The molecule has 1 aliphatic rings. The van der Waals surface area contributed by atoms with E-state index in [1.807, 2.05) is 0 Å². The van der Waals surface area contributed by atoms with Crippen molar-refractivity contribution in [2.24, 2.45) is 0 Å². The Balaban J connectivity index is 1.75. The fourth-order valence-electron chi connectivity index (χ4n) is 2.22. The monoisotopic (exact) mass is 351 g/mol. The lowest BCUT2D eigenvalue weighted by molar-refractivity contribution is 0.303. The molecule has 1 aromatic heterocycles. The van der Waals surface area contributed by atoms with Gasteiger partial charge in [-0.3, -0.25) is 0 Å². The fourth-order valence-corrected chi connectivity index (χ4v) is 3.45. The van der Waals surface area contributed by atoms with Crippen LogP contribution in [0.5, 0.6) is 5.75 Å². The van der Waals surface area contributed by atoms with E-state index in [1.54, 1.807) is 11.3 Å². The summed E-state index contributed by atoms with van der Waals surface area (Å²) >= 11 is 5.31. The summed E-state index contributed by atoms with van der Waals surface area (Å²) in [6.07, 6.45) is 2.61. The maximum absolute atomic E-state index is 6.07. The Morgan fingerprint density at radius 1 is 1.40 bits per heavy atom. The lowest BCUT2D eigenvalue weighted by Gasteiger charge is -2.15. The van der Waals surface area contributed by atoms with E-state index in [4.69, 9.17) is 4.74 Å². The third-order valence-electron chi connectivity index (χ3n) is 3.41. The van der Waals surface area contributed by atoms with E-state index in [9.17, 15) is 0 Å². The molecule has 0 unspecified atom stereocenters. The molecule has 0 bridgehead atoms. The number of rotatable bonds is 6. The number of benzene rings is 1. The quantitative estimate of drug-likeness (QED) is 0.817. The number of nitrogens with one attached hydrogen (secondary N) is 1. The van der Waals surface area contributed by atoms with Crippen LogP contribution in [0.15, 0.2) is 34.1 Å². The largest absolute Gasteiger partial charge is 0.487 e. The minimum Gasteiger partial charge on any atom is -0.487 e. The summed E-state index contributed by atoms with van der Waals surface area (Å²) in [4.78, 5) is 1.26. The molecule has 0 amide bonds. The van der Waals surface area contributed by atoms with Gasteiger partial charge in [0.15, 0.2) is 0 Å². The number of aryl methyl sites for hydroxylation is 1. The molecule has 0 saturated heterocycles. The highest BCUT2D eigenvalue weighted by atomic mass is 79.9. The number of ether oxygens (including phenoxy) is 1. The Morgan fingerprint density at radius 2 is 2.25 bits per heavy atom. The molecule has 3 rings (SSSR count). The number of hydrogen-bond donors (Lipinski definition) is 1. The van der Waals surface area contributed by atoms with Gasteiger partial charge in [0.2, 0.25) is 0 Å². The molecule has 0 atom stereocenters. The van der Waals surface area contributed by atoms with Gasteiger partial charge in [0, 0.05) is 27.5 Å². The van der Waals surface area contributed by atoms with Crippen LogP contribution >= 0.6 is 27.3 Å². The Kier molecular flexibility index (Phi) is 4.44. The zero-order chi connectivity index (χ0) is 13.9. The van der Waals surface area contributed by atoms with E-state index >= 15 is 0 Å². The van der Waals surface area contributed by atoms with Gasteiger partial charge in [-0.15, -0.1) is 11.3 Å². The Bertz CT molecular complexity index is 578. The molecule has 1 saturated carbocycles. The first-order valence-corrected chi connectivity index (χ1v) is 8.57. The first-order chi connectivity index (χ1) is 9.72. The van der Waals surface area contributed by atoms with E-state index in [2.05, 4.69) is 57.8 Å². The third kappa shape index (κ3) is 3.62. The molecule has 2 nitrogen and oxygen atoms in total. The lowest BCUT2D eigenvalue weighted by Crippen LogP contribution is -2.16. The summed E-state index contributed by atoms with van der Waals surface area (Å²) in [6, 6.07) is 9.16. The van der Waals surface area contributed by atoms with Crippen molar-refractivity contribution in [2.75, 3.05) is 0 Å². The number of hydrogen-bond acceptors (Lipinski definition) is 3. The molecule has 20 heavy (non-hydrogen) atoms. The van der Waals surface area contributed by atoms with E-state index in [0.717, 1.165) is 16.8 Å². The number of halogens is 1. The van der Waals surface area contributed by atoms with Crippen LogP contribution in [0.3, 0.4) is 0 Å². The summed E-state index contributed by atoms with van der Waals surface area (Å²) in [7, 11) is 0. The molecular weight excluding hydrogens is 334 g/mol. The summed E-state index contributed by atoms with van der Waals surface area (Å²) in [5.74, 6) is 1.02. The lowest BCUT2D eigenvalue weighted by atomic mass is 10.1. The van der Waals surface area contributed by atoms with Crippen LogP contribution < -0.4 is 10.1 Å². The molecule has 1 aliphatic carbocycles. The van der Waals surface area contributed by atoms with Crippen molar-refractivity contribution in [1.82, 2.24) is 5.32 Å². The summed E-state index contributed by atoms with van der Waals surface area (Å²) in [5.41, 5.74) is 2.42. The van der Waals surface area contributed by atoms with Crippen molar-refractivity contribution in [3.8, 4) is 5.75 Å². The minimum atomic E-state index is 0.649. The second kappa shape index (κ2) is 6.29. The molecule has 0 aliphatic heterocycles. The van der Waals surface area contributed by atoms with E-state index in [-0.39, 0.29) is 0 Å². The SMILES string of the molecule is Cc1cc(Br)cc(CNC2CC2)c1OCc1cccs1.